The molecule has 0 radical (unpaired) electrons. The summed E-state index contributed by atoms with van der Waals surface area (Å²) in [5, 5.41) is 12.4. The minimum absolute atomic E-state index is 0.0380. The molecule has 3 aliphatic rings. The number of piperazine rings is 1. The van der Waals surface area contributed by atoms with Gasteiger partial charge in [-0.2, -0.15) is 5.26 Å². The molecule has 0 bridgehead atoms. The van der Waals surface area contributed by atoms with Crippen LogP contribution in [0.3, 0.4) is 0 Å². The van der Waals surface area contributed by atoms with Crippen molar-refractivity contribution >= 4 is 52.6 Å². The molecular weight excluding hydrogens is 837 g/mol. The average molecular weight is 901 g/mol. The second-order valence-electron chi connectivity index (χ2n) is 19.2. The molecule has 3 fully saturated rings. The SMILES string of the molecule is CNC(=O)C(CCC=O)N(C)C(=O)c1cc(N2CCN(CC3CCN(c4ccc(C(N)=O)cc4)CC3)CC2)ccc1C=O.Cn1ccc(=O)c2c(OC3C(C)(C)CC3(C)C)ccc(C#N)c21. The van der Waals surface area contributed by atoms with Crippen molar-refractivity contribution in [3.63, 3.8) is 0 Å². The summed E-state index contributed by atoms with van der Waals surface area (Å²) in [7, 11) is 4.85. The molecule has 4 aromatic rings. The monoisotopic (exact) mass is 900 g/mol. The van der Waals surface area contributed by atoms with Gasteiger partial charge in [-0.3, -0.25) is 28.9 Å². The predicted molar refractivity (Wildman–Crippen MR) is 256 cm³/mol. The van der Waals surface area contributed by atoms with Crippen LogP contribution in [0.5, 0.6) is 5.75 Å². The minimum atomic E-state index is -0.816. The largest absolute Gasteiger partial charge is 0.488 e. The summed E-state index contributed by atoms with van der Waals surface area (Å²) in [5.41, 5.74) is 9.52. The summed E-state index contributed by atoms with van der Waals surface area (Å²) >= 11 is 0. The molecule has 15 nitrogen and oxygen atoms in total. The summed E-state index contributed by atoms with van der Waals surface area (Å²) in [6.07, 6.45) is 6.74. The van der Waals surface area contributed by atoms with Crippen LogP contribution in [0, 0.1) is 28.1 Å². The molecule has 1 saturated carbocycles. The number of primary amides is 1. The number of hydrogen-bond donors (Lipinski definition) is 2. The van der Waals surface area contributed by atoms with Gasteiger partial charge in [0, 0.05) is 119 Å². The zero-order valence-electron chi connectivity index (χ0n) is 39.3. The highest BCUT2D eigenvalue weighted by Crippen LogP contribution is 2.55. The first kappa shape index (κ1) is 48.9. The first-order valence-electron chi connectivity index (χ1n) is 22.8. The molecule has 3 amide bonds. The van der Waals surface area contributed by atoms with E-state index in [0.717, 1.165) is 82.7 Å². The van der Waals surface area contributed by atoms with Crippen molar-refractivity contribution in [1.82, 2.24) is 19.7 Å². The number of carbonyl (C=O) groups is 5. The fourth-order valence-electron chi connectivity index (χ4n) is 10.5. The lowest BCUT2D eigenvalue weighted by molar-refractivity contribution is -0.133. The number of nitriles is 1. The van der Waals surface area contributed by atoms with Crippen LogP contribution in [-0.4, -0.2) is 117 Å². The van der Waals surface area contributed by atoms with Crippen LogP contribution in [-0.2, 0) is 16.6 Å². The van der Waals surface area contributed by atoms with Crippen molar-refractivity contribution in [1.29, 1.82) is 5.26 Å². The van der Waals surface area contributed by atoms with E-state index in [-0.39, 0.29) is 52.2 Å². The Morgan fingerprint density at radius 1 is 0.924 bits per heavy atom. The number of anilines is 2. The van der Waals surface area contributed by atoms with Gasteiger partial charge in [-0.15, -0.1) is 0 Å². The number of fused-ring (bicyclic) bond motifs is 1. The molecule has 1 atom stereocenters. The molecule has 350 valence electrons. The Balaban J connectivity index is 0.000000262. The van der Waals surface area contributed by atoms with Crippen molar-refractivity contribution in [2.75, 3.05) is 69.7 Å². The van der Waals surface area contributed by atoms with Gasteiger partial charge in [-0.25, -0.2) is 0 Å². The third-order valence-electron chi connectivity index (χ3n) is 13.6. The van der Waals surface area contributed by atoms with Crippen molar-refractivity contribution in [3.8, 4) is 11.8 Å². The second-order valence-corrected chi connectivity index (χ2v) is 19.2. The highest BCUT2D eigenvalue weighted by molar-refractivity contribution is 6.04. The summed E-state index contributed by atoms with van der Waals surface area (Å²) in [5.74, 6) is -0.0134. The van der Waals surface area contributed by atoms with Crippen molar-refractivity contribution in [2.24, 2.45) is 29.5 Å². The zero-order valence-corrected chi connectivity index (χ0v) is 39.3. The Labute approximate surface area is 387 Å². The first-order chi connectivity index (χ1) is 31.4. The van der Waals surface area contributed by atoms with E-state index in [0.29, 0.717) is 40.0 Å². The van der Waals surface area contributed by atoms with Gasteiger partial charge < -0.3 is 39.8 Å². The van der Waals surface area contributed by atoms with E-state index in [1.807, 2.05) is 25.2 Å². The van der Waals surface area contributed by atoms with E-state index in [9.17, 15) is 34.0 Å². The number of rotatable bonds is 14. The number of pyridine rings is 1. The fraction of sp³-hybridized carbons (Fsp3) is 0.471. The molecule has 3 heterocycles. The Morgan fingerprint density at radius 2 is 1.56 bits per heavy atom. The summed E-state index contributed by atoms with van der Waals surface area (Å²) in [6.45, 7) is 15.2. The van der Waals surface area contributed by atoms with Gasteiger partial charge in [0.05, 0.1) is 22.0 Å². The predicted octanol–water partition coefficient (Wildman–Crippen LogP) is 5.42. The number of nitrogens with two attached hydrogens (primary N) is 1. The van der Waals surface area contributed by atoms with E-state index in [1.165, 1.54) is 25.1 Å². The highest BCUT2D eigenvalue weighted by atomic mass is 16.5. The third-order valence-corrected chi connectivity index (χ3v) is 13.6. The standard InChI is InChI=1S/C32H42N6O5.C19H22N2O2/c1-34-31(42)29(4-3-19-39)35(2)32(43)28-20-27(10-7-25(28)22-40)38-17-15-36(16-18-38)21-23-11-13-37(14-12-23)26-8-5-24(6-9-26)30(33)41;1-18(2)11-19(3,4)17(18)23-14-7-6-12(10-20)16-15(14)13(22)8-9-21(16)5/h5-10,19-20,22-23,29H,3-4,11-18,21H2,1-2H3,(H2,33,41)(H,34,42);6-9,17H,11H2,1-5H3. The fourth-order valence-corrected chi connectivity index (χ4v) is 10.5. The molecule has 1 aromatic heterocycles. The number of piperidine rings is 1. The van der Waals surface area contributed by atoms with Crippen molar-refractivity contribution < 1.29 is 28.7 Å². The molecule has 1 unspecified atom stereocenters. The van der Waals surface area contributed by atoms with Crippen LogP contribution >= 0.6 is 0 Å². The number of hydrogen-bond acceptors (Lipinski definition) is 11. The zero-order chi connectivity index (χ0) is 47.9. The Bertz CT molecular complexity index is 2520. The number of nitrogens with zero attached hydrogens (tertiary/aromatic N) is 6. The molecule has 3 N–H and O–H groups in total. The van der Waals surface area contributed by atoms with Crippen LogP contribution in [0.1, 0.15) is 96.4 Å². The van der Waals surface area contributed by atoms with Gasteiger partial charge in [0.15, 0.2) is 11.7 Å². The number of aldehydes is 2. The van der Waals surface area contributed by atoms with Crippen molar-refractivity contribution in [3.05, 3.63) is 99.3 Å². The number of benzene rings is 3. The van der Waals surface area contributed by atoms with E-state index in [4.69, 9.17) is 10.5 Å². The van der Waals surface area contributed by atoms with Gasteiger partial charge in [-0.05, 0) is 86.2 Å². The second kappa shape index (κ2) is 20.8. The first-order valence-corrected chi connectivity index (χ1v) is 22.8. The molecule has 66 heavy (non-hydrogen) atoms. The van der Waals surface area contributed by atoms with E-state index in [1.54, 1.807) is 47.2 Å². The van der Waals surface area contributed by atoms with Gasteiger partial charge in [0.2, 0.25) is 11.8 Å². The quantitative estimate of drug-likeness (QED) is 0.154. The molecule has 15 heteroatoms. The number of nitrogens with one attached hydrogen (secondary N) is 1. The molecule has 1 aliphatic carbocycles. The number of aromatic nitrogens is 1. The number of aryl methyl sites for hydroxylation is 1. The third kappa shape index (κ3) is 10.8. The van der Waals surface area contributed by atoms with E-state index < -0.39 is 17.9 Å². The highest BCUT2D eigenvalue weighted by Gasteiger charge is 2.55. The molecule has 7 rings (SSSR count). The van der Waals surface area contributed by atoms with Gasteiger partial charge in [0.25, 0.3) is 5.91 Å². The van der Waals surface area contributed by atoms with Gasteiger partial charge in [0.1, 0.15) is 30.3 Å². The topological polar surface area (TPSA) is 191 Å². The molecule has 2 aliphatic heterocycles. The summed E-state index contributed by atoms with van der Waals surface area (Å²) in [4.78, 5) is 80.8. The van der Waals surface area contributed by atoms with Crippen LogP contribution < -0.4 is 31.0 Å². The molecule has 3 aromatic carbocycles. The van der Waals surface area contributed by atoms with Crippen molar-refractivity contribution in [2.45, 2.75) is 71.9 Å². The van der Waals surface area contributed by atoms with Crippen LogP contribution in [0.2, 0.25) is 0 Å². The van der Waals surface area contributed by atoms with Gasteiger partial charge in [-0.1, -0.05) is 27.7 Å². The normalized spacial score (nSPS) is 17.6. The lowest BCUT2D eigenvalue weighted by atomic mass is 9.53. The van der Waals surface area contributed by atoms with Crippen LogP contribution in [0.4, 0.5) is 11.4 Å². The average Bonchev–Trinajstić information content (AvgIpc) is 3.31. The Morgan fingerprint density at radius 3 is 2.14 bits per heavy atom. The Hall–Kier alpha value is -6.53. The Kier molecular flexibility index (Phi) is 15.4. The number of amides is 3. The smallest absolute Gasteiger partial charge is 0.255 e. The maximum atomic E-state index is 13.5. The maximum Gasteiger partial charge on any atom is 0.255 e. The minimum Gasteiger partial charge on any atom is -0.488 e. The maximum absolute atomic E-state index is 13.5. The lowest BCUT2D eigenvalue weighted by Crippen LogP contribution is -2.58. The summed E-state index contributed by atoms with van der Waals surface area (Å²) in [6, 6.07) is 19.1. The van der Waals surface area contributed by atoms with E-state index in [2.05, 4.69) is 53.8 Å². The molecule has 0 spiro atoms. The summed E-state index contributed by atoms with van der Waals surface area (Å²) < 4.78 is 8.11. The number of likely N-dealkylation sites (N-methyl/N-ethyl adjacent to an activating group) is 2. The van der Waals surface area contributed by atoms with E-state index >= 15 is 0 Å². The number of carbonyl (C=O) groups excluding carboxylic acids is 5. The molecular formula is C51H64N8O7. The molecule has 2 saturated heterocycles. The van der Waals surface area contributed by atoms with Crippen LogP contribution in [0.25, 0.3) is 10.9 Å². The van der Waals surface area contributed by atoms with Crippen LogP contribution in [0.15, 0.2) is 71.7 Å². The van der Waals surface area contributed by atoms with Gasteiger partial charge >= 0.3 is 0 Å². The number of ether oxygens (including phenoxy) is 1. The lowest BCUT2D eigenvalue weighted by Gasteiger charge is -2.56.